The molecule has 0 saturated carbocycles. The summed E-state index contributed by atoms with van der Waals surface area (Å²) >= 11 is 0. The van der Waals surface area contributed by atoms with Crippen LogP contribution < -0.4 is 5.56 Å². The molecule has 3 rings (SSSR count). The monoisotopic (exact) mass is 229 g/mol. The van der Waals surface area contributed by atoms with Crippen LogP contribution >= 0.6 is 0 Å². The number of hydrogen-bond donors (Lipinski definition) is 0. The summed E-state index contributed by atoms with van der Waals surface area (Å²) < 4.78 is 1.79. The minimum Gasteiger partial charge on any atom is -0.296 e. The van der Waals surface area contributed by atoms with E-state index in [0.29, 0.717) is 17.0 Å². The Morgan fingerprint density at radius 1 is 1.41 bits per heavy atom. The van der Waals surface area contributed by atoms with Crippen LogP contribution in [0.15, 0.2) is 17.1 Å². The van der Waals surface area contributed by atoms with Crippen LogP contribution in [0.3, 0.4) is 0 Å². The van der Waals surface area contributed by atoms with Crippen LogP contribution in [0.4, 0.5) is 0 Å². The zero-order chi connectivity index (χ0) is 12.0. The molecule has 0 spiro atoms. The number of nitrogens with zero attached hydrogens (tertiary/aromatic N) is 3. The lowest BCUT2D eigenvalue weighted by molar-refractivity contribution is 0.718. The smallest absolute Gasteiger partial charge is 0.263 e. The molecular weight excluding hydrogens is 214 g/mol. The number of aromatic nitrogens is 3. The van der Waals surface area contributed by atoms with Crippen molar-refractivity contribution in [2.45, 2.75) is 39.2 Å². The third-order valence-corrected chi connectivity index (χ3v) is 3.36. The van der Waals surface area contributed by atoms with Gasteiger partial charge in [0.15, 0.2) is 5.65 Å². The number of pyridine rings is 1. The van der Waals surface area contributed by atoms with E-state index in [9.17, 15) is 4.79 Å². The van der Waals surface area contributed by atoms with Gasteiger partial charge in [0.2, 0.25) is 0 Å². The van der Waals surface area contributed by atoms with Gasteiger partial charge >= 0.3 is 0 Å². The van der Waals surface area contributed by atoms with Crippen molar-refractivity contribution >= 4 is 11.0 Å². The Balaban J connectivity index is 2.33. The molecule has 17 heavy (non-hydrogen) atoms. The zero-order valence-electron chi connectivity index (χ0n) is 10.1. The van der Waals surface area contributed by atoms with Crippen molar-refractivity contribution in [2.24, 2.45) is 0 Å². The fourth-order valence-electron chi connectivity index (χ4n) is 2.30. The lowest BCUT2D eigenvalue weighted by Crippen LogP contribution is -2.21. The molecule has 2 aromatic rings. The summed E-state index contributed by atoms with van der Waals surface area (Å²) in [6.45, 7) is 4.99. The maximum absolute atomic E-state index is 12.3. The molecule has 1 aliphatic heterocycles. The van der Waals surface area contributed by atoms with E-state index < -0.39 is 0 Å². The molecule has 0 unspecified atom stereocenters. The Hall–Kier alpha value is -1.71. The molecule has 0 bridgehead atoms. The lowest BCUT2D eigenvalue weighted by Gasteiger charge is -2.07. The first kappa shape index (κ1) is 10.4. The van der Waals surface area contributed by atoms with Crippen molar-refractivity contribution in [3.8, 4) is 0 Å². The molecule has 4 heteroatoms. The Bertz CT molecular complexity index is 643. The minimum absolute atomic E-state index is 0.0671. The molecule has 0 aliphatic carbocycles. The highest BCUT2D eigenvalue weighted by Gasteiger charge is 2.16. The maximum Gasteiger partial charge on any atom is 0.263 e. The van der Waals surface area contributed by atoms with Gasteiger partial charge in [0, 0.05) is 19.2 Å². The summed E-state index contributed by atoms with van der Waals surface area (Å²) in [6, 6.07) is 1.94. The number of hydrogen-bond acceptors (Lipinski definition) is 3. The summed E-state index contributed by atoms with van der Waals surface area (Å²) in [7, 11) is 0. The second-order valence-electron chi connectivity index (χ2n) is 4.88. The van der Waals surface area contributed by atoms with E-state index in [4.69, 9.17) is 0 Å². The summed E-state index contributed by atoms with van der Waals surface area (Å²) in [5.74, 6) is 1.26. The van der Waals surface area contributed by atoms with Gasteiger partial charge < -0.3 is 0 Å². The van der Waals surface area contributed by atoms with E-state index in [1.54, 1.807) is 4.57 Å². The van der Waals surface area contributed by atoms with E-state index >= 15 is 0 Å². The third-order valence-electron chi connectivity index (χ3n) is 3.36. The largest absolute Gasteiger partial charge is 0.296 e. The third kappa shape index (κ3) is 1.55. The zero-order valence-corrected chi connectivity index (χ0v) is 10.1. The highest BCUT2D eigenvalue weighted by Crippen LogP contribution is 2.18. The molecule has 0 N–H and O–H groups in total. The van der Waals surface area contributed by atoms with Crippen molar-refractivity contribution in [1.82, 2.24) is 14.5 Å². The molecule has 0 radical (unpaired) electrons. The molecule has 0 fully saturated rings. The summed E-state index contributed by atoms with van der Waals surface area (Å²) in [6.07, 6.45) is 3.72. The molecule has 3 heterocycles. The highest BCUT2D eigenvalue weighted by molar-refractivity contribution is 5.74. The average molecular weight is 229 g/mol. The SMILES string of the molecule is CC(C)c1cnc2nc3n(c(=O)c2c1)CCC3. The number of fused-ring (bicyclic) bond motifs is 2. The molecule has 4 nitrogen and oxygen atoms in total. The lowest BCUT2D eigenvalue weighted by atomic mass is 10.1. The Labute approximate surface area is 99.3 Å². The molecule has 88 valence electrons. The Morgan fingerprint density at radius 3 is 3.00 bits per heavy atom. The van der Waals surface area contributed by atoms with Crippen molar-refractivity contribution in [3.05, 3.63) is 34.0 Å². The van der Waals surface area contributed by atoms with Crippen LogP contribution in [-0.2, 0) is 13.0 Å². The van der Waals surface area contributed by atoms with Crippen molar-refractivity contribution < 1.29 is 0 Å². The fraction of sp³-hybridized carbons (Fsp3) is 0.462. The van der Waals surface area contributed by atoms with Gasteiger partial charge in [-0.05, 0) is 24.0 Å². The van der Waals surface area contributed by atoms with Crippen LogP contribution in [-0.4, -0.2) is 14.5 Å². The van der Waals surface area contributed by atoms with Gasteiger partial charge in [0.25, 0.3) is 5.56 Å². The topological polar surface area (TPSA) is 47.8 Å². The average Bonchev–Trinajstić information content (AvgIpc) is 2.77. The van der Waals surface area contributed by atoms with Crippen molar-refractivity contribution in [1.29, 1.82) is 0 Å². The second-order valence-corrected chi connectivity index (χ2v) is 4.88. The van der Waals surface area contributed by atoms with Crippen LogP contribution in [0.25, 0.3) is 11.0 Å². The Morgan fingerprint density at radius 2 is 2.24 bits per heavy atom. The van der Waals surface area contributed by atoms with Gasteiger partial charge in [-0.3, -0.25) is 9.36 Å². The van der Waals surface area contributed by atoms with Gasteiger partial charge in [-0.1, -0.05) is 13.8 Å². The number of aryl methyl sites for hydroxylation is 1. The molecule has 0 aromatic carbocycles. The molecule has 0 atom stereocenters. The Kier molecular flexibility index (Phi) is 2.24. The maximum atomic E-state index is 12.3. The van der Waals surface area contributed by atoms with Gasteiger partial charge in [-0.25, -0.2) is 9.97 Å². The molecule has 2 aromatic heterocycles. The second kappa shape index (κ2) is 3.65. The van der Waals surface area contributed by atoms with E-state index in [0.717, 1.165) is 30.8 Å². The molecule has 0 saturated heterocycles. The van der Waals surface area contributed by atoms with Crippen LogP contribution in [0, 0.1) is 0 Å². The quantitative estimate of drug-likeness (QED) is 0.750. The predicted octanol–water partition coefficient (Wildman–Crippen LogP) is 1.86. The summed E-state index contributed by atoms with van der Waals surface area (Å²) in [5.41, 5.74) is 1.75. The van der Waals surface area contributed by atoms with E-state index in [-0.39, 0.29) is 5.56 Å². The normalized spacial score (nSPS) is 14.5. The standard InChI is InChI=1S/C13H15N3O/c1-8(2)9-6-10-12(14-7-9)15-11-4-3-5-16(11)13(10)17/h6-8H,3-5H2,1-2H3. The van der Waals surface area contributed by atoms with E-state index in [1.807, 2.05) is 12.3 Å². The number of rotatable bonds is 1. The minimum atomic E-state index is 0.0671. The molecule has 0 amide bonds. The van der Waals surface area contributed by atoms with Gasteiger partial charge in [-0.15, -0.1) is 0 Å². The summed E-state index contributed by atoms with van der Waals surface area (Å²) in [4.78, 5) is 21.1. The summed E-state index contributed by atoms with van der Waals surface area (Å²) in [5, 5.41) is 0.654. The molecular formula is C13H15N3O. The van der Waals surface area contributed by atoms with E-state index in [2.05, 4.69) is 23.8 Å². The molecule has 1 aliphatic rings. The van der Waals surface area contributed by atoms with Crippen LogP contribution in [0.1, 0.15) is 37.6 Å². The first-order valence-electron chi connectivity index (χ1n) is 6.06. The first-order chi connectivity index (χ1) is 8.16. The first-order valence-corrected chi connectivity index (χ1v) is 6.06. The van der Waals surface area contributed by atoms with Crippen LogP contribution in [0.2, 0.25) is 0 Å². The van der Waals surface area contributed by atoms with Gasteiger partial charge in [-0.2, -0.15) is 0 Å². The van der Waals surface area contributed by atoms with E-state index in [1.165, 1.54) is 0 Å². The fourth-order valence-corrected chi connectivity index (χ4v) is 2.30. The van der Waals surface area contributed by atoms with Crippen molar-refractivity contribution in [3.63, 3.8) is 0 Å². The van der Waals surface area contributed by atoms with Gasteiger partial charge in [0.05, 0.1) is 5.39 Å². The predicted molar refractivity (Wildman–Crippen MR) is 66.2 cm³/mol. The van der Waals surface area contributed by atoms with Crippen LogP contribution in [0.5, 0.6) is 0 Å². The van der Waals surface area contributed by atoms with Crippen molar-refractivity contribution in [2.75, 3.05) is 0 Å². The highest BCUT2D eigenvalue weighted by atomic mass is 16.1. The van der Waals surface area contributed by atoms with Gasteiger partial charge in [0.1, 0.15) is 5.82 Å².